The van der Waals surface area contributed by atoms with Crippen LogP contribution in [0.1, 0.15) is 19.3 Å². The van der Waals surface area contributed by atoms with E-state index in [1.807, 2.05) is 0 Å². The molecule has 0 saturated heterocycles. The second kappa shape index (κ2) is 1.75. The average molecular weight is 110 g/mol. The lowest BCUT2D eigenvalue weighted by molar-refractivity contribution is 0.539. The summed E-state index contributed by atoms with van der Waals surface area (Å²) < 4.78 is 0. The second-order valence-corrected chi connectivity index (χ2v) is 2.54. The highest BCUT2D eigenvalue weighted by Crippen LogP contribution is 2.47. The zero-order valence-corrected chi connectivity index (χ0v) is 4.85. The van der Waals surface area contributed by atoms with Gasteiger partial charge in [0.15, 0.2) is 0 Å². The van der Waals surface area contributed by atoms with Crippen LogP contribution >= 0.6 is 0 Å². The van der Waals surface area contributed by atoms with Gasteiger partial charge in [0.2, 0.25) is 0 Å². The maximum Gasteiger partial charge on any atom is 0.0628 e. The molecule has 1 aliphatic rings. The van der Waals surface area contributed by atoms with E-state index in [2.05, 4.69) is 6.07 Å². The maximum atomic E-state index is 8.27. The molecule has 1 rings (SSSR count). The Labute approximate surface area is 49.3 Å². The van der Waals surface area contributed by atoms with Crippen LogP contribution in [0.15, 0.2) is 0 Å². The molecule has 2 nitrogen and oxygen atoms in total. The van der Waals surface area contributed by atoms with Gasteiger partial charge in [0.1, 0.15) is 0 Å². The molecule has 0 aromatic carbocycles. The maximum absolute atomic E-state index is 8.27. The zero-order valence-electron chi connectivity index (χ0n) is 4.85. The molecule has 0 amide bonds. The molecule has 0 spiro atoms. The minimum Gasteiger partial charge on any atom is -0.330 e. The van der Waals surface area contributed by atoms with Crippen LogP contribution in [0, 0.1) is 16.7 Å². The van der Waals surface area contributed by atoms with Crippen molar-refractivity contribution in [3.8, 4) is 6.07 Å². The van der Waals surface area contributed by atoms with E-state index in [9.17, 15) is 0 Å². The van der Waals surface area contributed by atoms with Gasteiger partial charge in [-0.25, -0.2) is 0 Å². The van der Waals surface area contributed by atoms with Gasteiger partial charge < -0.3 is 5.73 Å². The quantitative estimate of drug-likeness (QED) is 0.567. The van der Waals surface area contributed by atoms with Gasteiger partial charge in [0, 0.05) is 6.42 Å². The van der Waals surface area contributed by atoms with Crippen molar-refractivity contribution in [2.45, 2.75) is 19.3 Å². The molecular formula is C6H10N2. The SMILES string of the molecule is N#CCC1(CN)CC1. The van der Waals surface area contributed by atoms with Crippen molar-refractivity contribution in [1.82, 2.24) is 0 Å². The van der Waals surface area contributed by atoms with Gasteiger partial charge in [0.25, 0.3) is 0 Å². The van der Waals surface area contributed by atoms with E-state index in [1.54, 1.807) is 0 Å². The van der Waals surface area contributed by atoms with E-state index in [0.29, 0.717) is 13.0 Å². The van der Waals surface area contributed by atoms with Crippen LogP contribution in [-0.4, -0.2) is 6.54 Å². The van der Waals surface area contributed by atoms with Crippen molar-refractivity contribution in [2.75, 3.05) is 6.54 Å². The Morgan fingerprint density at radius 1 is 1.62 bits per heavy atom. The number of nitrogens with zero attached hydrogens (tertiary/aromatic N) is 1. The summed E-state index contributed by atoms with van der Waals surface area (Å²) in [5.74, 6) is 0. The molecule has 2 N–H and O–H groups in total. The number of rotatable bonds is 2. The Hall–Kier alpha value is -0.550. The lowest BCUT2D eigenvalue weighted by atomic mass is 10.1. The monoisotopic (exact) mass is 110 g/mol. The van der Waals surface area contributed by atoms with Crippen molar-refractivity contribution < 1.29 is 0 Å². The van der Waals surface area contributed by atoms with Gasteiger partial charge >= 0.3 is 0 Å². The van der Waals surface area contributed by atoms with E-state index in [4.69, 9.17) is 11.0 Å². The Kier molecular flexibility index (Phi) is 1.22. The molecule has 1 aliphatic carbocycles. The zero-order chi connectivity index (χ0) is 6.04. The standard InChI is InChI=1S/C6H10N2/c7-4-3-6(5-8)1-2-6/h1-3,5,8H2. The van der Waals surface area contributed by atoms with Crippen molar-refractivity contribution in [2.24, 2.45) is 11.1 Å². The van der Waals surface area contributed by atoms with Gasteiger partial charge in [-0.15, -0.1) is 0 Å². The highest BCUT2D eigenvalue weighted by molar-refractivity contribution is 4.99. The Morgan fingerprint density at radius 2 is 2.25 bits per heavy atom. The summed E-state index contributed by atoms with van der Waals surface area (Å²) in [6.07, 6.45) is 2.98. The predicted molar refractivity (Wildman–Crippen MR) is 31.0 cm³/mol. The number of hydrogen-bond donors (Lipinski definition) is 1. The summed E-state index contributed by atoms with van der Waals surface area (Å²) >= 11 is 0. The van der Waals surface area contributed by atoms with Crippen molar-refractivity contribution in [1.29, 1.82) is 5.26 Å². The first-order valence-corrected chi connectivity index (χ1v) is 2.90. The molecule has 0 heterocycles. The lowest BCUT2D eigenvalue weighted by Crippen LogP contribution is -2.14. The minimum atomic E-state index is 0.259. The normalized spacial score (nSPS) is 22.0. The van der Waals surface area contributed by atoms with E-state index < -0.39 is 0 Å². The molecule has 2 heteroatoms. The van der Waals surface area contributed by atoms with Crippen molar-refractivity contribution >= 4 is 0 Å². The third-order valence-electron chi connectivity index (χ3n) is 1.84. The lowest BCUT2D eigenvalue weighted by Gasteiger charge is -2.02. The van der Waals surface area contributed by atoms with Crippen molar-refractivity contribution in [3.63, 3.8) is 0 Å². The molecule has 0 aromatic rings. The van der Waals surface area contributed by atoms with E-state index >= 15 is 0 Å². The summed E-state index contributed by atoms with van der Waals surface area (Å²) in [6, 6.07) is 2.14. The Morgan fingerprint density at radius 3 is 2.38 bits per heavy atom. The Balaban J connectivity index is 2.33. The molecule has 1 saturated carbocycles. The highest BCUT2D eigenvalue weighted by Gasteiger charge is 2.40. The first-order valence-electron chi connectivity index (χ1n) is 2.90. The molecule has 0 atom stereocenters. The van der Waals surface area contributed by atoms with Crippen molar-refractivity contribution in [3.05, 3.63) is 0 Å². The molecule has 44 valence electrons. The smallest absolute Gasteiger partial charge is 0.0628 e. The van der Waals surface area contributed by atoms with E-state index in [-0.39, 0.29) is 5.41 Å². The van der Waals surface area contributed by atoms with Gasteiger partial charge in [-0.3, -0.25) is 0 Å². The van der Waals surface area contributed by atoms with Gasteiger partial charge in [0.05, 0.1) is 6.07 Å². The first kappa shape index (κ1) is 5.58. The van der Waals surface area contributed by atoms with Gasteiger partial charge in [-0.1, -0.05) is 0 Å². The predicted octanol–water partition coefficient (Wildman–Crippen LogP) is 0.639. The summed E-state index contributed by atoms with van der Waals surface area (Å²) in [7, 11) is 0. The second-order valence-electron chi connectivity index (χ2n) is 2.54. The highest BCUT2D eigenvalue weighted by atomic mass is 14.6. The first-order chi connectivity index (χ1) is 3.83. The molecule has 0 aliphatic heterocycles. The van der Waals surface area contributed by atoms with Gasteiger partial charge in [-0.2, -0.15) is 5.26 Å². The Bertz CT molecular complexity index is 119. The van der Waals surface area contributed by atoms with Crippen LogP contribution in [0.4, 0.5) is 0 Å². The van der Waals surface area contributed by atoms with Crippen LogP contribution in [0.5, 0.6) is 0 Å². The van der Waals surface area contributed by atoms with E-state index in [0.717, 1.165) is 12.8 Å². The molecule has 0 bridgehead atoms. The molecule has 0 aromatic heterocycles. The van der Waals surface area contributed by atoms with Crippen LogP contribution in [0.25, 0.3) is 0 Å². The topological polar surface area (TPSA) is 49.8 Å². The fourth-order valence-corrected chi connectivity index (χ4v) is 0.798. The number of nitrogens with two attached hydrogens (primary N) is 1. The number of hydrogen-bond acceptors (Lipinski definition) is 2. The summed E-state index contributed by atoms with van der Waals surface area (Å²) in [5.41, 5.74) is 5.66. The molecule has 0 radical (unpaired) electrons. The molecule has 8 heavy (non-hydrogen) atoms. The van der Waals surface area contributed by atoms with Crippen LogP contribution in [0.3, 0.4) is 0 Å². The fraction of sp³-hybridized carbons (Fsp3) is 0.833. The molecular weight excluding hydrogens is 100 g/mol. The minimum absolute atomic E-state index is 0.259. The summed E-state index contributed by atoms with van der Waals surface area (Å²) in [5, 5.41) is 8.27. The summed E-state index contributed by atoms with van der Waals surface area (Å²) in [4.78, 5) is 0. The van der Waals surface area contributed by atoms with Crippen LogP contribution < -0.4 is 5.73 Å². The average Bonchev–Trinajstić information content (AvgIpc) is 2.50. The fourth-order valence-electron chi connectivity index (χ4n) is 0.798. The van der Waals surface area contributed by atoms with Gasteiger partial charge in [-0.05, 0) is 24.8 Å². The van der Waals surface area contributed by atoms with Crippen LogP contribution in [0.2, 0.25) is 0 Å². The molecule has 0 unspecified atom stereocenters. The van der Waals surface area contributed by atoms with E-state index in [1.165, 1.54) is 0 Å². The third-order valence-corrected chi connectivity index (χ3v) is 1.84. The number of nitriles is 1. The molecule has 1 fully saturated rings. The van der Waals surface area contributed by atoms with Crippen LogP contribution in [-0.2, 0) is 0 Å². The largest absolute Gasteiger partial charge is 0.330 e. The summed E-state index contributed by atoms with van der Waals surface area (Å²) in [6.45, 7) is 0.695. The third kappa shape index (κ3) is 0.823.